The Labute approximate surface area is 134 Å². The normalized spacial score (nSPS) is 20.3. The van der Waals surface area contributed by atoms with Crippen LogP contribution in [0.25, 0.3) is 0 Å². The lowest BCUT2D eigenvalue weighted by Crippen LogP contribution is -2.17. The van der Waals surface area contributed by atoms with Crippen LogP contribution in [-0.2, 0) is 14.6 Å². The zero-order valence-corrected chi connectivity index (χ0v) is 14.3. The Morgan fingerprint density at radius 2 is 2.24 bits per heavy atom. The van der Waals surface area contributed by atoms with Gasteiger partial charge in [0.25, 0.3) is 0 Å². The molecule has 1 aliphatic rings. The maximum Gasteiger partial charge on any atom is 0.234 e. The van der Waals surface area contributed by atoms with Crippen molar-refractivity contribution in [2.24, 2.45) is 0 Å². The first-order valence-electron chi connectivity index (χ1n) is 6.83. The smallest absolute Gasteiger partial charge is 0.234 e. The fourth-order valence-corrected chi connectivity index (χ4v) is 6.27. The van der Waals surface area contributed by atoms with Crippen molar-refractivity contribution < 1.29 is 13.2 Å². The minimum absolute atomic E-state index is 0.0581. The Kier molecular flexibility index (Phi) is 6.01. The fourth-order valence-electron chi connectivity index (χ4n) is 2.11. The third-order valence-electron chi connectivity index (χ3n) is 3.07. The number of hydrogen-bond donors (Lipinski definition) is 1. The maximum absolute atomic E-state index is 11.9. The van der Waals surface area contributed by atoms with Gasteiger partial charge in [-0.15, -0.1) is 23.5 Å². The van der Waals surface area contributed by atoms with E-state index < -0.39 is 9.84 Å². The molecule has 1 atom stereocenters. The standard InChI is InChI=1S/C14H19NO3S3/c1-2-19-12-5-3-4-11(8-12)15-14(16)9-20-13-6-7-21(17,18)10-13/h3-5,8,13H,2,6-7,9-10H2,1H3,(H,15,16)/t13-/m1/s1. The van der Waals surface area contributed by atoms with E-state index in [2.05, 4.69) is 12.2 Å². The average Bonchev–Trinajstić information content (AvgIpc) is 2.77. The molecule has 1 fully saturated rings. The van der Waals surface area contributed by atoms with Gasteiger partial charge in [-0.3, -0.25) is 4.79 Å². The molecule has 4 nitrogen and oxygen atoms in total. The molecule has 0 saturated carbocycles. The quantitative estimate of drug-likeness (QED) is 0.803. The van der Waals surface area contributed by atoms with Gasteiger partial charge in [0.1, 0.15) is 0 Å². The molecule has 1 saturated heterocycles. The number of carbonyl (C=O) groups excluding carboxylic acids is 1. The van der Waals surface area contributed by atoms with Crippen LogP contribution >= 0.6 is 23.5 Å². The number of sulfone groups is 1. The lowest BCUT2D eigenvalue weighted by Gasteiger charge is -2.09. The van der Waals surface area contributed by atoms with Gasteiger partial charge in [-0.1, -0.05) is 13.0 Å². The average molecular weight is 346 g/mol. The third-order valence-corrected chi connectivity index (χ3v) is 7.23. The summed E-state index contributed by atoms with van der Waals surface area (Å²) in [7, 11) is -2.87. The van der Waals surface area contributed by atoms with Crippen molar-refractivity contribution in [1.29, 1.82) is 0 Å². The van der Waals surface area contributed by atoms with Crippen LogP contribution in [0, 0.1) is 0 Å². The minimum atomic E-state index is -2.87. The van der Waals surface area contributed by atoms with E-state index in [0.717, 1.165) is 16.3 Å². The minimum Gasteiger partial charge on any atom is -0.325 e. The number of amides is 1. The number of carbonyl (C=O) groups is 1. The lowest BCUT2D eigenvalue weighted by molar-refractivity contribution is -0.113. The molecule has 0 aliphatic carbocycles. The van der Waals surface area contributed by atoms with E-state index in [4.69, 9.17) is 0 Å². The van der Waals surface area contributed by atoms with Crippen LogP contribution in [0.2, 0.25) is 0 Å². The monoisotopic (exact) mass is 345 g/mol. The molecule has 0 unspecified atom stereocenters. The van der Waals surface area contributed by atoms with Crippen LogP contribution in [-0.4, -0.2) is 42.6 Å². The SMILES string of the molecule is CCSc1cccc(NC(=O)CS[C@@H]2CCS(=O)(=O)C2)c1. The highest BCUT2D eigenvalue weighted by Gasteiger charge is 2.28. The van der Waals surface area contributed by atoms with Crippen LogP contribution in [0.1, 0.15) is 13.3 Å². The molecule has 0 spiro atoms. The molecule has 1 heterocycles. The molecule has 1 aromatic rings. The predicted octanol–water partition coefficient (Wildman–Crippen LogP) is 2.66. The summed E-state index contributed by atoms with van der Waals surface area (Å²) in [6.07, 6.45) is 0.656. The molecular formula is C14H19NO3S3. The van der Waals surface area contributed by atoms with Crippen molar-refractivity contribution in [2.45, 2.75) is 23.5 Å². The summed E-state index contributed by atoms with van der Waals surface area (Å²) in [5.74, 6) is 1.66. The Morgan fingerprint density at radius 3 is 2.90 bits per heavy atom. The van der Waals surface area contributed by atoms with E-state index in [1.165, 1.54) is 11.8 Å². The molecule has 1 N–H and O–H groups in total. The number of rotatable bonds is 6. The van der Waals surface area contributed by atoms with Crippen LogP contribution in [0.5, 0.6) is 0 Å². The summed E-state index contributed by atoms with van der Waals surface area (Å²) in [6, 6.07) is 7.76. The van der Waals surface area contributed by atoms with E-state index in [9.17, 15) is 13.2 Å². The second kappa shape index (κ2) is 7.56. The van der Waals surface area contributed by atoms with Crippen LogP contribution in [0.4, 0.5) is 5.69 Å². The number of nitrogens with one attached hydrogen (secondary N) is 1. The van der Waals surface area contributed by atoms with Gasteiger partial charge < -0.3 is 5.32 Å². The van der Waals surface area contributed by atoms with Crippen LogP contribution in [0.15, 0.2) is 29.2 Å². The van der Waals surface area contributed by atoms with Gasteiger partial charge in [0, 0.05) is 15.8 Å². The van der Waals surface area contributed by atoms with Crippen molar-refractivity contribution in [3.05, 3.63) is 24.3 Å². The number of thioether (sulfide) groups is 2. The summed E-state index contributed by atoms with van der Waals surface area (Å²) < 4.78 is 22.7. The van der Waals surface area contributed by atoms with Gasteiger partial charge in [-0.25, -0.2) is 8.42 Å². The fraction of sp³-hybridized carbons (Fsp3) is 0.500. The van der Waals surface area contributed by atoms with Crippen molar-refractivity contribution >= 4 is 45.0 Å². The molecule has 0 bridgehead atoms. The van der Waals surface area contributed by atoms with Crippen LogP contribution in [0.3, 0.4) is 0 Å². The zero-order chi connectivity index (χ0) is 15.3. The summed E-state index contributed by atoms with van der Waals surface area (Å²) in [4.78, 5) is 13.0. The largest absolute Gasteiger partial charge is 0.325 e. The molecule has 0 radical (unpaired) electrons. The highest BCUT2D eigenvalue weighted by molar-refractivity contribution is 8.02. The Morgan fingerprint density at radius 1 is 1.43 bits per heavy atom. The van der Waals surface area contributed by atoms with Gasteiger partial charge in [0.15, 0.2) is 9.84 Å². The lowest BCUT2D eigenvalue weighted by atomic mass is 10.3. The van der Waals surface area contributed by atoms with Gasteiger partial charge in [-0.05, 0) is 30.4 Å². The molecule has 7 heteroatoms. The Bertz CT molecular complexity index is 601. The van der Waals surface area contributed by atoms with Crippen molar-refractivity contribution in [2.75, 3.05) is 28.3 Å². The summed E-state index contributed by atoms with van der Waals surface area (Å²) >= 11 is 3.16. The molecule has 1 aromatic carbocycles. The number of anilines is 1. The number of benzene rings is 1. The number of hydrogen-bond acceptors (Lipinski definition) is 5. The van der Waals surface area contributed by atoms with Gasteiger partial charge in [-0.2, -0.15) is 0 Å². The van der Waals surface area contributed by atoms with Gasteiger partial charge >= 0.3 is 0 Å². The molecule has 1 aliphatic heterocycles. The Balaban J connectivity index is 1.80. The Hall–Kier alpha value is -0.660. The van der Waals surface area contributed by atoms with Crippen molar-refractivity contribution in [3.63, 3.8) is 0 Å². The summed E-state index contributed by atoms with van der Waals surface area (Å²) in [6.45, 7) is 2.09. The molecule has 2 rings (SSSR count). The van der Waals surface area contributed by atoms with Gasteiger partial charge in [0.2, 0.25) is 5.91 Å². The van der Waals surface area contributed by atoms with E-state index in [1.54, 1.807) is 11.8 Å². The van der Waals surface area contributed by atoms with E-state index in [-0.39, 0.29) is 22.7 Å². The summed E-state index contributed by atoms with van der Waals surface area (Å²) in [5.41, 5.74) is 0.790. The second-order valence-electron chi connectivity index (χ2n) is 4.85. The third kappa shape index (κ3) is 5.56. The van der Waals surface area contributed by atoms with Crippen LogP contribution < -0.4 is 5.32 Å². The van der Waals surface area contributed by atoms with Crippen molar-refractivity contribution in [1.82, 2.24) is 0 Å². The zero-order valence-electron chi connectivity index (χ0n) is 11.9. The first-order chi connectivity index (χ1) is 9.98. The molecule has 116 valence electrons. The molecular weight excluding hydrogens is 326 g/mol. The summed E-state index contributed by atoms with van der Waals surface area (Å²) in [5, 5.41) is 2.92. The molecule has 0 aromatic heterocycles. The first-order valence-corrected chi connectivity index (χ1v) is 10.7. The highest BCUT2D eigenvalue weighted by Crippen LogP contribution is 2.25. The van der Waals surface area contributed by atoms with Gasteiger partial charge in [0.05, 0.1) is 17.3 Å². The molecule has 1 amide bonds. The van der Waals surface area contributed by atoms with E-state index >= 15 is 0 Å². The highest BCUT2D eigenvalue weighted by atomic mass is 32.2. The predicted molar refractivity (Wildman–Crippen MR) is 91.0 cm³/mol. The topological polar surface area (TPSA) is 63.2 Å². The van der Waals surface area contributed by atoms with E-state index in [1.807, 2.05) is 24.3 Å². The molecule has 21 heavy (non-hydrogen) atoms. The first kappa shape index (κ1) is 16.7. The maximum atomic E-state index is 11.9. The van der Waals surface area contributed by atoms with Crippen molar-refractivity contribution in [3.8, 4) is 0 Å². The van der Waals surface area contributed by atoms with E-state index in [0.29, 0.717) is 12.2 Å². The second-order valence-corrected chi connectivity index (χ2v) is 9.70.